The average Bonchev–Trinajstić information content (AvgIpc) is 2.59. The van der Waals surface area contributed by atoms with Gasteiger partial charge in [0.05, 0.1) is 0 Å². The number of hydrogen-bond donors (Lipinski definition) is 1. The predicted octanol–water partition coefficient (Wildman–Crippen LogP) is 2.04. The molecule has 3 heteroatoms. The van der Waals surface area contributed by atoms with Crippen LogP contribution in [0.4, 0.5) is 0 Å². The van der Waals surface area contributed by atoms with E-state index in [1.54, 1.807) is 12.1 Å². The van der Waals surface area contributed by atoms with Crippen molar-refractivity contribution in [3.8, 4) is 11.5 Å². The van der Waals surface area contributed by atoms with E-state index in [9.17, 15) is 5.11 Å². The van der Waals surface area contributed by atoms with Gasteiger partial charge in [-0.15, -0.1) is 0 Å². The van der Waals surface area contributed by atoms with Gasteiger partial charge in [-0.1, -0.05) is 6.92 Å². The lowest BCUT2D eigenvalue weighted by molar-refractivity contribution is 0.169. The molecule has 1 aliphatic heterocycles. The highest BCUT2D eigenvalue weighted by Crippen LogP contribution is 2.31. The molecule has 88 valence electrons. The Balaban J connectivity index is 1.95. The van der Waals surface area contributed by atoms with E-state index >= 15 is 0 Å². The van der Waals surface area contributed by atoms with Crippen LogP contribution in [-0.2, 0) is 6.42 Å². The second-order valence-corrected chi connectivity index (χ2v) is 4.50. The summed E-state index contributed by atoms with van der Waals surface area (Å²) in [4.78, 5) is 2.29. The van der Waals surface area contributed by atoms with E-state index < -0.39 is 0 Å². The first-order valence-electron chi connectivity index (χ1n) is 5.86. The summed E-state index contributed by atoms with van der Waals surface area (Å²) in [6, 6.07) is 5.33. The Hall–Kier alpha value is -1.22. The number of fused-ring (bicyclic) bond motifs is 1. The van der Waals surface area contributed by atoms with Crippen LogP contribution in [0, 0.1) is 0 Å². The van der Waals surface area contributed by atoms with Gasteiger partial charge in [-0.2, -0.15) is 0 Å². The molecule has 0 bridgehead atoms. The molecule has 0 radical (unpaired) electrons. The van der Waals surface area contributed by atoms with Crippen LogP contribution < -0.4 is 4.74 Å². The van der Waals surface area contributed by atoms with Gasteiger partial charge < -0.3 is 14.7 Å². The molecule has 0 aromatic heterocycles. The quantitative estimate of drug-likeness (QED) is 0.844. The zero-order valence-electron chi connectivity index (χ0n) is 9.94. The minimum absolute atomic E-state index is 0.230. The molecule has 16 heavy (non-hydrogen) atoms. The molecule has 2 rings (SSSR count). The summed E-state index contributed by atoms with van der Waals surface area (Å²) in [6.45, 7) is 4.23. The summed E-state index contributed by atoms with van der Waals surface area (Å²) in [6.07, 6.45) is 2.29. The molecule has 0 fully saturated rings. The summed E-state index contributed by atoms with van der Waals surface area (Å²) in [5.41, 5.74) is 1.12. The maximum Gasteiger partial charge on any atom is 0.123 e. The van der Waals surface area contributed by atoms with E-state index in [0.29, 0.717) is 5.75 Å². The third kappa shape index (κ3) is 2.47. The highest BCUT2D eigenvalue weighted by Gasteiger charge is 2.23. The first-order chi connectivity index (χ1) is 7.69. The Kier molecular flexibility index (Phi) is 3.34. The molecule has 1 aromatic carbocycles. The van der Waals surface area contributed by atoms with E-state index in [4.69, 9.17) is 4.74 Å². The number of rotatable bonds is 4. The predicted molar refractivity (Wildman–Crippen MR) is 64.0 cm³/mol. The summed E-state index contributed by atoms with van der Waals surface area (Å²) in [5.74, 6) is 1.25. The van der Waals surface area contributed by atoms with Crippen LogP contribution in [0.5, 0.6) is 11.5 Å². The Morgan fingerprint density at radius 1 is 1.50 bits per heavy atom. The number of phenolic OH excluding ortho intramolecular Hbond substituents is 1. The molecule has 1 N–H and O–H groups in total. The minimum Gasteiger partial charge on any atom is -0.508 e. The lowest BCUT2D eigenvalue weighted by Gasteiger charge is -2.19. The smallest absolute Gasteiger partial charge is 0.123 e. The van der Waals surface area contributed by atoms with E-state index in [1.807, 2.05) is 6.07 Å². The molecule has 0 amide bonds. The Morgan fingerprint density at radius 3 is 3.06 bits per heavy atom. The maximum absolute atomic E-state index is 9.38. The van der Waals surface area contributed by atoms with Crippen LogP contribution >= 0.6 is 0 Å². The lowest BCUT2D eigenvalue weighted by atomic mass is 10.1. The van der Waals surface area contributed by atoms with Crippen LogP contribution in [0.25, 0.3) is 0 Å². The standard InChI is InChI=1S/C13H19NO2/c1-3-6-14(2)9-12-8-10-7-11(15)4-5-13(10)16-12/h4-5,7,12,15H,3,6,8-9H2,1-2H3. The molecular formula is C13H19NO2. The van der Waals surface area contributed by atoms with E-state index in [2.05, 4.69) is 18.9 Å². The fraction of sp³-hybridized carbons (Fsp3) is 0.538. The molecule has 1 aliphatic rings. The van der Waals surface area contributed by atoms with Gasteiger partial charge in [-0.05, 0) is 38.2 Å². The molecular weight excluding hydrogens is 202 g/mol. The van der Waals surface area contributed by atoms with Gasteiger partial charge in [-0.25, -0.2) is 0 Å². The Labute approximate surface area is 96.6 Å². The molecule has 1 aromatic rings. The minimum atomic E-state index is 0.230. The van der Waals surface area contributed by atoms with Crippen LogP contribution in [0.3, 0.4) is 0 Å². The third-order valence-electron chi connectivity index (χ3n) is 2.91. The van der Waals surface area contributed by atoms with Crippen molar-refractivity contribution >= 4 is 0 Å². The van der Waals surface area contributed by atoms with Crippen molar-refractivity contribution in [1.82, 2.24) is 4.90 Å². The maximum atomic E-state index is 9.38. The fourth-order valence-corrected chi connectivity index (χ4v) is 2.23. The summed E-state index contributed by atoms with van der Waals surface area (Å²) >= 11 is 0. The normalized spacial score (nSPS) is 18.6. The molecule has 0 aliphatic carbocycles. The van der Waals surface area contributed by atoms with Gasteiger partial charge in [0.25, 0.3) is 0 Å². The monoisotopic (exact) mass is 221 g/mol. The lowest BCUT2D eigenvalue weighted by Crippen LogP contribution is -2.32. The number of ether oxygens (including phenoxy) is 1. The van der Waals surface area contributed by atoms with Crippen LogP contribution in [-0.4, -0.2) is 36.2 Å². The number of benzene rings is 1. The van der Waals surface area contributed by atoms with E-state index in [0.717, 1.165) is 37.2 Å². The molecule has 1 unspecified atom stereocenters. The number of aromatic hydroxyl groups is 1. The molecule has 1 heterocycles. The van der Waals surface area contributed by atoms with Gasteiger partial charge in [0.15, 0.2) is 0 Å². The molecule has 3 nitrogen and oxygen atoms in total. The molecule has 1 atom stereocenters. The first-order valence-corrected chi connectivity index (χ1v) is 5.86. The third-order valence-corrected chi connectivity index (χ3v) is 2.91. The Bertz CT molecular complexity index is 365. The summed E-state index contributed by atoms with van der Waals surface area (Å²) in [7, 11) is 2.12. The van der Waals surface area contributed by atoms with Crippen molar-refractivity contribution in [1.29, 1.82) is 0 Å². The van der Waals surface area contributed by atoms with Crippen LogP contribution in [0.15, 0.2) is 18.2 Å². The van der Waals surface area contributed by atoms with E-state index in [-0.39, 0.29) is 6.10 Å². The summed E-state index contributed by atoms with van der Waals surface area (Å²) in [5, 5.41) is 9.38. The van der Waals surface area contributed by atoms with Crippen molar-refractivity contribution < 1.29 is 9.84 Å². The number of nitrogens with zero attached hydrogens (tertiary/aromatic N) is 1. The van der Waals surface area contributed by atoms with E-state index in [1.165, 1.54) is 0 Å². The van der Waals surface area contributed by atoms with Crippen molar-refractivity contribution in [2.75, 3.05) is 20.1 Å². The topological polar surface area (TPSA) is 32.7 Å². The SMILES string of the molecule is CCCN(C)CC1Cc2cc(O)ccc2O1. The van der Waals surface area contributed by atoms with Crippen molar-refractivity contribution in [3.63, 3.8) is 0 Å². The number of likely N-dealkylation sites (N-methyl/N-ethyl adjacent to an activating group) is 1. The molecule has 0 spiro atoms. The number of hydrogen-bond acceptors (Lipinski definition) is 3. The van der Waals surface area contributed by atoms with Crippen LogP contribution in [0.2, 0.25) is 0 Å². The molecule has 0 saturated carbocycles. The second kappa shape index (κ2) is 4.74. The zero-order valence-corrected chi connectivity index (χ0v) is 9.94. The van der Waals surface area contributed by atoms with Crippen LogP contribution in [0.1, 0.15) is 18.9 Å². The highest BCUT2D eigenvalue weighted by atomic mass is 16.5. The van der Waals surface area contributed by atoms with Gasteiger partial charge >= 0.3 is 0 Å². The van der Waals surface area contributed by atoms with Gasteiger partial charge in [-0.3, -0.25) is 0 Å². The second-order valence-electron chi connectivity index (χ2n) is 4.50. The van der Waals surface area contributed by atoms with Gasteiger partial charge in [0.1, 0.15) is 17.6 Å². The molecule has 0 saturated heterocycles. The number of phenols is 1. The van der Waals surface area contributed by atoms with Gasteiger partial charge in [0, 0.05) is 18.5 Å². The van der Waals surface area contributed by atoms with Crippen molar-refractivity contribution in [2.45, 2.75) is 25.9 Å². The summed E-state index contributed by atoms with van der Waals surface area (Å²) < 4.78 is 5.83. The first kappa shape index (κ1) is 11.3. The average molecular weight is 221 g/mol. The zero-order chi connectivity index (χ0) is 11.5. The largest absolute Gasteiger partial charge is 0.508 e. The highest BCUT2D eigenvalue weighted by molar-refractivity contribution is 5.42. The van der Waals surface area contributed by atoms with Crippen molar-refractivity contribution in [2.24, 2.45) is 0 Å². The van der Waals surface area contributed by atoms with Crippen molar-refractivity contribution in [3.05, 3.63) is 23.8 Å². The fourth-order valence-electron chi connectivity index (χ4n) is 2.23. The Morgan fingerprint density at radius 2 is 2.31 bits per heavy atom. The van der Waals surface area contributed by atoms with Gasteiger partial charge in [0.2, 0.25) is 0 Å².